The molecule has 1 atom stereocenters. The van der Waals surface area contributed by atoms with Crippen molar-refractivity contribution >= 4 is 11.8 Å². The molecule has 0 aliphatic carbocycles. The highest BCUT2D eigenvalue weighted by atomic mass is 16.2. The van der Waals surface area contributed by atoms with Gasteiger partial charge in [0.05, 0.1) is 12.6 Å². The van der Waals surface area contributed by atoms with Crippen LogP contribution in [-0.4, -0.2) is 24.4 Å². The Labute approximate surface area is 99.3 Å². The van der Waals surface area contributed by atoms with Crippen molar-refractivity contribution in [3.63, 3.8) is 0 Å². The summed E-state index contributed by atoms with van der Waals surface area (Å²) in [5, 5.41) is 2.40. The number of carbonyl (C=O) groups is 2. The van der Waals surface area contributed by atoms with E-state index in [1.54, 1.807) is 0 Å². The first kappa shape index (κ1) is 13.1. The molecule has 0 heterocycles. The van der Waals surface area contributed by atoms with E-state index in [9.17, 15) is 9.59 Å². The number of nitrogens with one attached hydrogen (secondary N) is 2. The Kier molecular flexibility index (Phi) is 5.12. The lowest BCUT2D eigenvalue weighted by molar-refractivity contribution is -0.126. The van der Waals surface area contributed by atoms with Gasteiger partial charge in [-0.05, 0) is 12.0 Å². The van der Waals surface area contributed by atoms with Gasteiger partial charge in [-0.15, -0.1) is 0 Å². The molecule has 1 aromatic carbocycles. The van der Waals surface area contributed by atoms with E-state index in [4.69, 9.17) is 11.6 Å². The van der Waals surface area contributed by atoms with Gasteiger partial charge in [0.2, 0.25) is 5.91 Å². The Morgan fingerprint density at radius 2 is 1.88 bits per heavy atom. The summed E-state index contributed by atoms with van der Waals surface area (Å²) >= 11 is 0. The number of amides is 2. The molecule has 0 spiro atoms. The van der Waals surface area contributed by atoms with Crippen LogP contribution in [0.3, 0.4) is 0 Å². The van der Waals surface area contributed by atoms with E-state index in [-0.39, 0.29) is 12.5 Å². The van der Waals surface area contributed by atoms with Gasteiger partial charge in [-0.3, -0.25) is 15.0 Å². The molecule has 6 nitrogen and oxygen atoms in total. The number of hydrogen-bond acceptors (Lipinski definition) is 4. The summed E-state index contributed by atoms with van der Waals surface area (Å²) in [4.78, 5) is 22.3. The van der Waals surface area contributed by atoms with Crippen LogP contribution in [0.25, 0.3) is 0 Å². The van der Waals surface area contributed by atoms with Crippen LogP contribution in [0.4, 0.5) is 0 Å². The van der Waals surface area contributed by atoms with E-state index < -0.39 is 11.9 Å². The van der Waals surface area contributed by atoms with Gasteiger partial charge < -0.3 is 11.1 Å². The first-order valence-corrected chi connectivity index (χ1v) is 5.20. The fourth-order valence-corrected chi connectivity index (χ4v) is 1.31. The number of nitrogens with two attached hydrogens (primary N) is 2. The van der Waals surface area contributed by atoms with Crippen molar-refractivity contribution in [1.82, 2.24) is 10.7 Å². The van der Waals surface area contributed by atoms with Gasteiger partial charge in [0.1, 0.15) is 0 Å². The molecule has 1 rings (SSSR count). The van der Waals surface area contributed by atoms with Crippen molar-refractivity contribution < 1.29 is 9.59 Å². The molecule has 2 amide bonds. The van der Waals surface area contributed by atoms with Gasteiger partial charge in [0.25, 0.3) is 5.91 Å². The molecule has 6 N–H and O–H groups in total. The Hall–Kier alpha value is -1.92. The van der Waals surface area contributed by atoms with Crippen molar-refractivity contribution in [1.29, 1.82) is 0 Å². The Bertz CT molecular complexity index is 380. The highest BCUT2D eigenvalue weighted by molar-refractivity contribution is 5.87. The highest BCUT2D eigenvalue weighted by Gasteiger charge is 2.14. The number of hydrazine groups is 1. The van der Waals surface area contributed by atoms with Crippen LogP contribution < -0.4 is 22.3 Å². The maximum atomic E-state index is 11.5. The largest absolute Gasteiger partial charge is 0.346 e. The van der Waals surface area contributed by atoms with Gasteiger partial charge in [-0.1, -0.05) is 30.3 Å². The first-order chi connectivity index (χ1) is 8.13. The smallest absolute Gasteiger partial charge is 0.253 e. The number of rotatable bonds is 5. The highest BCUT2D eigenvalue weighted by Crippen LogP contribution is 2.01. The summed E-state index contributed by atoms with van der Waals surface area (Å²) < 4.78 is 0. The molecule has 0 radical (unpaired) electrons. The van der Waals surface area contributed by atoms with E-state index >= 15 is 0 Å². The molecule has 0 aliphatic rings. The van der Waals surface area contributed by atoms with Crippen molar-refractivity contribution in [3.8, 4) is 0 Å². The molecule has 0 bridgehead atoms. The second-order valence-electron chi connectivity index (χ2n) is 3.58. The minimum Gasteiger partial charge on any atom is -0.346 e. The van der Waals surface area contributed by atoms with Gasteiger partial charge in [0.15, 0.2) is 0 Å². The normalized spacial score (nSPS) is 11.6. The Morgan fingerprint density at radius 1 is 1.24 bits per heavy atom. The lowest BCUT2D eigenvalue weighted by Crippen LogP contribution is -2.46. The third-order valence-corrected chi connectivity index (χ3v) is 2.22. The monoisotopic (exact) mass is 236 g/mol. The zero-order valence-electron chi connectivity index (χ0n) is 9.35. The molecule has 0 aromatic heterocycles. The van der Waals surface area contributed by atoms with Gasteiger partial charge in [-0.2, -0.15) is 0 Å². The molecule has 0 aliphatic heterocycles. The Morgan fingerprint density at radius 3 is 2.47 bits per heavy atom. The van der Waals surface area contributed by atoms with Crippen molar-refractivity contribution in [2.75, 3.05) is 6.54 Å². The molecule has 6 heteroatoms. The summed E-state index contributed by atoms with van der Waals surface area (Å²) in [5.74, 6) is 4.03. The second-order valence-corrected chi connectivity index (χ2v) is 3.58. The van der Waals surface area contributed by atoms with Crippen LogP contribution in [0.1, 0.15) is 5.56 Å². The molecule has 1 aromatic rings. The van der Waals surface area contributed by atoms with Gasteiger partial charge in [-0.25, -0.2) is 5.84 Å². The zero-order valence-corrected chi connectivity index (χ0v) is 9.35. The van der Waals surface area contributed by atoms with E-state index in [1.165, 1.54) is 0 Å². The minimum atomic E-state index is -0.678. The van der Waals surface area contributed by atoms with Crippen LogP contribution in [0, 0.1) is 0 Å². The molecular formula is C11H16N4O2. The first-order valence-electron chi connectivity index (χ1n) is 5.20. The summed E-state index contributed by atoms with van der Waals surface area (Å²) in [6, 6.07) is 8.74. The van der Waals surface area contributed by atoms with Crippen LogP contribution in [0.15, 0.2) is 30.3 Å². The van der Waals surface area contributed by atoms with E-state index in [2.05, 4.69) is 5.32 Å². The summed E-state index contributed by atoms with van der Waals surface area (Å²) in [7, 11) is 0. The maximum Gasteiger partial charge on any atom is 0.253 e. The average molecular weight is 236 g/mol. The fraction of sp³-hybridized carbons (Fsp3) is 0.273. The second kappa shape index (κ2) is 6.62. The fourth-order valence-electron chi connectivity index (χ4n) is 1.31. The third kappa shape index (κ3) is 4.62. The molecular weight excluding hydrogens is 220 g/mol. The van der Waals surface area contributed by atoms with Crippen LogP contribution in [0.5, 0.6) is 0 Å². The Balaban J connectivity index is 2.40. The van der Waals surface area contributed by atoms with Crippen LogP contribution in [0.2, 0.25) is 0 Å². The summed E-state index contributed by atoms with van der Waals surface area (Å²) in [6.07, 6.45) is 0.427. The quantitative estimate of drug-likeness (QED) is 0.288. The summed E-state index contributed by atoms with van der Waals surface area (Å²) in [5.41, 5.74) is 8.59. The molecule has 0 fully saturated rings. The van der Waals surface area contributed by atoms with Crippen molar-refractivity contribution in [2.24, 2.45) is 11.6 Å². The van der Waals surface area contributed by atoms with E-state index in [0.717, 1.165) is 5.56 Å². The topological polar surface area (TPSA) is 110 Å². The standard InChI is InChI=1S/C11H16N4O2/c12-9(6-8-4-2-1-3-5-8)11(17)14-7-10(16)15-13/h1-5,9H,6-7,12-13H2,(H,14,17)(H,15,16)/t9-/m0/s1. The number of carbonyl (C=O) groups excluding carboxylic acids is 2. The third-order valence-electron chi connectivity index (χ3n) is 2.22. The average Bonchev–Trinajstić information content (AvgIpc) is 2.36. The predicted octanol–water partition coefficient (Wildman–Crippen LogP) is -1.34. The van der Waals surface area contributed by atoms with E-state index in [0.29, 0.717) is 6.42 Å². The lowest BCUT2D eigenvalue weighted by atomic mass is 10.1. The van der Waals surface area contributed by atoms with E-state index in [1.807, 2.05) is 35.8 Å². The number of hydrogen-bond donors (Lipinski definition) is 4. The minimum absolute atomic E-state index is 0.169. The van der Waals surface area contributed by atoms with Crippen molar-refractivity contribution in [3.05, 3.63) is 35.9 Å². The predicted molar refractivity (Wildman–Crippen MR) is 63.5 cm³/mol. The molecule has 0 saturated carbocycles. The van der Waals surface area contributed by atoms with Gasteiger partial charge in [0, 0.05) is 0 Å². The molecule has 0 saturated heterocycles. The lowest BCUT2D eigenvalue weighted by Gasteiger charge is -2.11. The SMILES string of the molecule is NNC(=O)CNC(=O)[C@@H](N)Cc1ccccc1. The molecule has 0 unspecified atom stereocenters. The molecule has 92 valence electrons. The van der Waals surface area contributed by atoms with Crippen molar-refractivity contribution in [2.45, 2.75) is 12.5 Å². The van der Waals surface area contributed by atoms with Gasteiger partial charge >= 0.3 is 0 Å². The molecule has 17 heavy (non-hydrogen) atoms. The number of benzene rings is 1. The summed E-state index contributed by atoms with van der Waals surface area (Å²) in [6.45, 7) is -0.169. The zero-order chi connectivity index (χ0) is 12.7. The van der Waals surface area contributed by atoms with Crippen LogP contribution >= 0.6 is 0 Å². The maximum absolute atomic E-state index is 11.5. The van der Waals surface area contributed by atoms with Crippen LogP contribution in [-0.2, 0) is 16.0 Å².